The van der Waals surface area contributed by atoms with Crippen LogP contribution in [0.15, 0.2) is 35.2 Å². The number of hydrogen-bond donors (Lipinski definition) is 2. The van der Waals surface area contributed by atoms with E-state index in [2.05, 4.69) is 25.5 Å². The highest BCUT2D eigenvalue weighted by Gasteiger charge is 2.15. The van der Waals surface area contributed by atoms with Crippen molar-refractivity contribution in [2.24, 2.45) is 0 Å². The molecule has 1 aliphatic rings. The molecule has 2 aromatic rings. The number of aryl methyl sites for hydroxylation is 1. The third-order valence-corrected chi connectivity index (χ3v) is 5.35. The van der Waals surface area contributed by atoms with Gasteiger partial charge in [-0.3, -0.25) is 4.79 Å². The number of rotatable bonds is 8. The third kappa shape index (κ3) is 6.28. The molecule has 1 aromatic heterocycles. The van der Waals surface area contributed by atoms with Crippen LogP contribution in [0, 0.1) is 6.92 Å². The van der Waals surface area contributed by atoms with Gasteiger partial charge in [-0.05, 0) is 38.3 Å². The average molecular weight is 422 g/mol. The third-order valence-electron chi connectivity index (χ3n) is 4.56. The number of amides is 1. The zero-order chi connectivity index (χ0) is 20.6. The highest BCUT2D eigenvalue weighted by molar-refractivity contribution is 7.99. The van der Waals surface area contributed by atoms with E-state index in [9.17, 15) is 13.6 Å². The molecule has 0 aliphatic carbocycles. The van der Waals surface area contributed by atoms with E-state index in [1.165, 1.54) is 25.3 Å². The lowest BCUT2D eigenvalue weighted by molar-refractivity contribution is 0.0952. The molecule has 0 atom stereocenters. The lowest BCUT2D eigenvalue weighted by Crippen LogP contribution is -2.31. The molecular weight excluding hydrogens is 396 g/mol. The molecule has 0 saturated carbocycles. The topological polar surface area (TPSA) is 70.2 Å². The van der Waals surface area contributed by atoms with Crippen LogP contribution in [0.1, 0.15) is 35.3 Å². The Kier molecular flexibility index (Phi) is 7.62. The lowest BCUT2D eigenvalue weighted by atomic mass is 10.1. The summed E-state index contributed by atoms with van der Waals surface area (Å²) in [4.78, 5) is 23.9. The quantitative estimate of drug-likeness (QED) is 0.497. The maximum absolute atomic E-state index is 12.7. The zero-order valence-corrected chi connectivity index (χ0v) is 17.1. The fourth-order valence-electron chi connectivity index (χ4n) is 3.21. The van der Waals surface area contributed by atoms with Crippen LogP contribution in [0.3, 0.4) is 0 Å². The number of thioether (sulfide) groups is 1. The van der Waals surface area contributed by atoms with Crippen molar-refractivity contribution in [3.63, 3.8) is 0 Å². The number of nitrogens with zero attached hydrogens (tertiary/aromatic N) is 3. The van der Waals surface area contributed by atoms with Crippen LogP contribution >= 0.6 is 11.8 Å². The highest BCUT2D eigenvalue weighted by atomic mass is 32.2. The Morgan fingerprint density at radius 2 is 1.93 bits per heavy atom. The van der Waals surface area contributed by atoms with E-state index in [0.29, 0.717) is 30.8 Å². The van der Waals surface area contributed by atoms with Gasteiger partial charge < -0.3 is 15.5 Å². The van der Waals surface area contributed by atoms with Gasteiger partial charge >= 0.3 is 0 Å². The Bertz CT molecular complexity index is 830. The number of carbonyl (C=O) groups is 1. The number of alkyl halides is 2. The van der Waals surface area contributed by atoms with Crippen LogP contribution < -0.4 is 15.5 Å². The molecule has 6 nitrogen and oxygen atoms in total. The van der Waals surface area contributed by atoms with E-state index in [0.717, 1.165) is 24.6 Å². The van der Waals surface area contributed by atoms with Crippen LogP contribution in [0.4, 0.5) is 20.5 Å². The van der Waals surface area contributed by atoms with Gasteiger partial charge in [-0.25, -0.2) is 4.98 Å². The zero-order valence-electron chi connectivity index (χ0n) is 16.3. The summed E-state index contributed by atoms with van der Waals surface area (Å²) in [5.41, 5.74) is 1.13. The molecule has 0 bridgehead atoms. The Balaban J connectivity index is 1.53. The number of nitrogens with one attached hydrogen (secondary N) is 2. The molecule has 156 valence electrons. The first-order valence-corrected chi connectivity index (χ1v) is 10.6. The fraction of sp³-hybridized carbons (Fsp3) is 0.450. The van der Waals surface area contributed by atoms with Gasteiger partial charge in [-0.15, -0.1) is 0 Å². The van der Waals surface area contributed by atoms with Crippen molar-refractivity contribution in [1.82, 2.24) is 15.3 Å². The molecule has 1 aromatic carbocycles. The summed E-state index contributed by atoms with van der Waals surface area (Å²) >= 11 is 0.372. The summed E-state index contributed by atoms with van der Waals surface area (Å²) in [6.07, 6.45) is 3.59. The summed E-state index contributed by atoms with van der Waals surface area (Å²) in [6.45, 7) is 4.69. The summed E-state index contributed by atoms with van der Waals surface area (Å²) in [7, 11) is 0. The number of anilines is 2. The Morgan fingerprint density at radius 3 is 2.69 bits per heavy atom. The molecule has 0 spiro atoms. The van der Waals surface area contributed by atoms with E-state index in [4.69, 9.17) is 0 Å². The standard InChI is InChI=1S/C20H25F2N5OS/c1-14-13-17(27-11-5-2-6-12-27)26-20(25-14)24-10-9-23-18(28)15-7-3-4-8-16(15)29-19(21)22/h3-4,7-8,13,19H,2,5-6,9-12H2,1H3,(H,23,28)(H,24,25,26). The number of aromatic nitrogens is 2. The van der Waals surface area contributed by atoms with E-state index >= 15 is 0 Å². The molecule has 29 heavy (non-hydrogen) atoms. The normalized spacial score (nSPS) is 14.1. The average Bonchev–Trinajstić information content (AvgIpc) is 2.71. The molecule has 1 saturated heterocycles. The number of hydrogen-bond acceptors (Lipinski definition) is 6. The fourth-order valence-corrected chi connectivity index (χ4v) is 3.85. The minimum atomic E-state index is -2.57. The Hall–Kier alpha value is -2.42. The monoisotopic (exact) mass is 421 g/mol. The van der Waals surface area contributed by atoms with Crippen LogP contribution in [0.2, 0.25) is 0 Å². The van der Waals surface area contributed by atoms with Crippen molar-refractivity contribution in [1.29, 1.82) is 0 Å². The van der Waals surface area contributed by atoms with Crippen LogP contribution in [-0.4, -0.2) is 47.8 Å². The Morgan fingerprint density at radius 1 is 1.17 bits per heavy atom. The van der Waals surface area contributed by atoms with Gasteiger partial charge in [0, 0.05) is 42.8 Å². The lowest BCUT2D eigenvalue weighted by Gasteiger charge is -2.28. The van der Waals surface area contributed by atoms with Crippen LogP contribution in [0.5, 0.6) is 0 Å². The first-order chi connectivity index (χ1) is 14.0. The van der Waals surface area contributed by atoms with Gasteiger partial charge in [0.25, 0.3) is 11.7 Å². The minimum absolute atomic E-state index is 0.247. The molecule has 1 aliphatic heterocycles. The van der Waals surface area contributed by atoms with Gasteiger partial charge in [0.05, 0.1) is 5.56 Å². The van der Waals surface area contributed by atoms with Crippen molar-refractivity contribution in [3.05, 3.63) is 41.6 Å². The van der Waals surface area contributed by atoms with Crippen LogP contribution in [0.25, 0.3) is 0 Å². The van der Waals surface area contributed by atoms with E-state index in [1.54, 1.807) is 18.2 Å². The van der Waals surface area contributed by atoms with Crippen molar-refractivity contribution in [2.75, 3.05) is 36.4 Å². The maximum Gasteiger partial charge on any atom is 0.288 e. The number of benzene rings is 1. The molecule has 3 rings (SSSR count). The first-order valence-electron chi connectivity index (χ1n) is 9.69. The molecule has 1 amide bonds. The largest absolute Gasteiger partial charge is 0.356 e. The molecule has 2 N–H and O–H groups in total. The van der Waals surface area contributed by atoms with Crippen molar-refractivity contribution < 1.29 is 13.6 Å². The van der Waals surface area contributed by atoms with E-state index in [1.807, 2.05) is 13.0 Å². The first kappa shape index (κ1) is 21.3. The van der Waals surface area contributed by atoms with Crippen molar-refractivity contribution in [3.8, 4) is 0 Å². The van der Waals surface area contributed by atoms with Gasteiger partial charge in [0.1, 0.15) is 5.82 Å². The molecule has 0 unspecified atom stereocenters. The SMILES string of the molecule is Cc1cc(N2CCCCC2)nc(NCCNC(=O)c2ccccc2SC(F)F)n1. The summed E-state index contributed by atoms with van der Waals surface area (Å²) in [5, 5.41) is 5.88. The smallest absolute Gasteiger partial charge is 0.288 e. The summed E-state index contributed by atoms with van der Waals surface area (Å²) in [6, 6.07) is 8.34. The van der Waals surface area contributed by atoms with E-state index < -0.39 is 5.76 Å². The molecular formula is C20H25F2N5OS. The minimum Gasteiger partial charge on any atom is -0.356 e. The van der Waals surface area contributed by atoms with Gasteiger partial charge in [0.15, 0.2) is 0 Å². The Labute approximate surface area is 173 Å². The summed E-state index contributed by atoms with van der Waals surface area (Å²) in [5.74, 6) is -1.51. The van der Waals surface area contributed by atoms with Crippen LogP contribution in [-0.2, 0) is 0 Å². The summed E-state index contributed by atoms with van der Waals surface area (Å²) < 4.78 is 25.3. The van der Waals surface area contributed by atoms with Gasteiger partial charge in [-0.1, -0.05) is 23.9 Å². The number of halogens is 2. The predicted molar refractivity (Wildman–Crippen MR) is 112 cm³/mol. The van der Waals surface area contributed by atoms with Gasteiger partial charge in [0.2, 0.25) is 5.95 Å². The molecule has 0 radical (unpaired) electrons. The number of piperidine rings is 1. The second kappa shape index (κ2) is 10.4. The number of carbonyl (C=O) groups excluding carboxylic acids is 1. The second-order valence-corrected chi connectivity index (χ2v) is 7.83. The molecule has 9 heteroatoms. The second-order valence-electron chi connectivity index (χ2n) is 6.80. The maximum atomic E-state index is 12.7. The van der Waals surface area contributed by atoms with Crippen molar-refractivity contribution in [2.45, 2.75) is 36.8 Å². The van der Waals surface area contributed by atoms with Gasteiger partial charge in [-0.2, -0.15) is 13.8 Å². The highest BCUT2D eigenvalue weighted by Crippen LogP contribution is 2.28. The predicted octanol–water partition coefficient (Wildman–Crippen LogP) is 3.93. The van der Waals surface area contributed by atoms with E-state index in [-0.39, 0.29) is 16.4 Å². The molecule has 2 heterocycles. The van der Waals surface area contributed by atoms with Crippen molar-refractivity contribution >= 4 is 29.4 Å². The molecule has 1 fully saturated rings.